The summed E-state index contributed by atoms with van der Waals surface area (Å²) in [6.45, 7) is 1.000. The van der Waals surface area contributed by atoms with E-state index in [-0.39, 0.29) is 0 Å². The molecule has 1 aliphatic rings. The predicted molar refractivity (Wildman–Crippen MR) is 79.6 cm³/mol. The van der Waals surface area contributed by atoms with Crippen LogP contribution in [0.2, 0.25) is 0 Å². The van der Waals surface area contributed by atoms with Gasteiger partial charge in [0.05, 0.1) is 0 Å². The SMILES string of the molecule is C(=C\c1ccccc1)/CNC1CCCCCCC1. The minimum Gasteiger partial charge on any atom is -0.311 e. The lowest BCUT2D eigenvalue weighted by Gasteiger charge is -2.20. The summed E-state index contributed by atoms with van der Waals surface area (Å²) in [5.41, 5.74) is 1.29. The van der Waals surface area contributed by atoms with E-state index in [1.807, 2.05) is 0 Å². The maximum absolute atomic E-state index is 3.67. The van der Waals surface area contributed by atoms with Crippen molar-refractivity contribution in [3.05, 3.63) is 42.0 Å². The Morgan fingerprint density at radius 1 is 0.944 bits per heavy atom. The van der Waals surface area contributed by atoms with Gasteiger partial charge in [0, 0.05) is 12.6 Å². The Morgan fingerprint density at radius 2 is 1.61 bits per heavy atom. The number of benzene rings is 1. The largest absolute Gasteiger partial charge is 0.311 e. The molecule has 2 rings (SSSR count). The number of rotatable bonds is 4. The fourth-order valence-corrected chi connectivity index (χ4v) is 2.65. The highest BCUT2D eigenvalue weighted by molar-refractivity contribution is 5.48. The summed E-state index contributed by atoms with van der Waals surface area (Å²) in [6, 6.07) is 11.3. The molecule has 0 bridgehead atoms. The van der Waals surface area contributed by atoms with Crippen molar-refractivity contribution in [2.24, 2.45) is 0 Å². The van der Waals surface area contributed by atoms with E-state index >= 15 is 0 Å². The zero-order valence-corrected chi connectivity index (χ0v) is 11.3. The molecule has 0 amide bonds. The number of hydrogen-bond donors (Lipinski definition) is 1. The van der Waals surface area contributed by atoms with E-state index in [1.54, 1.807) is 0 Å². The lowest BCUT2D eigenvalue weighted by Crippen LogP contribution is -2.29. The first-order valence-electron chi connectivity index (χ1n) is 7.40. The first kappa shape index (κ1) is 13.4. The second kappa shape index (κ2) is 8.10. The molecule has 0 heterocycles. The van der Waals surface area contributed by atoms with E-state index in [9.17, 15) is 0 Å². The molecule has 0 aromatic heterocycles. The van der Waals surface area contributed by atoms with Gasteiger partial charge in [-0.2, -0.15) is 0 Å². The topological polar surface area (TPSA) is 12.0 Å². The third-order valence-electron chi connectivity index (χ3n) is 3.74. The average molecular weight is 243 g/mol. The molecule has 1 aliphatic carbocycles. The van der Waals surface area contributed by atoms with Crippen LogP contribution >= 0.6 is 0 Å². The summed E-state index contributed by atoms with van der Waals surface area (Å²) in [5.74, 6) is 0. The molecule has 1 fully saturated rings. The van der Waals surface area contributed by atoms with Crippen LogP contribution in [0, 0.1) is 0 Å². The lowest BCUT2D eigenvalue weighted by atomic mass is 9.97. The molecule has 1 heteroatoms. The van der Waals surface area contributed by atoms with Gasteiger partial charge in [-0.15, -0.1) is 0 Å². The normalized spacial score (nSPS) is 18.7. The Morgan fingerprint density at radius 3 is 2.33 bits per heavy atom. The van der Waals surface area contributed by atoms with Gasteiger partial charge in [-0.1, -0.05) is 74.6 Å². The molecular formula is C17H25N. The summed E-state index contributed by atoms with van der Waals surface area (Å²) in [5, 5.41) is 3.67. The van der Waals surface area contributed by atoms with E-state index in [0.29, 0.717) is 0 Å². The summed E-state index contributed by atoms with van der Waals surface area (Å²) < 4.78 is 0. The molecule has 1 aromatic carbocycles. The molecule has 1 saturated carbocycles. The Kier molecular flexibility index (Phi) is 6.01. The van der Waals surface area contributed by atoms with Crippen LogP contribution in [0.1, 0.15) is 50.5 Å². The zero-order chi connectivity index (χ0) is 12.5. The molecule has 0 unspecified atom stereocenters. The Bertz CT molecular complexity index is 334. The van der Waals surface area contributed by atoms with Gasteiger partial charge in [-0.25, -0.2) is 0 Å². The van der Waals surface area contributed by atoms with Crippen molar-refractivity contribution < 1.29 is 0 Å². The van der Waals surface area contributed by atoms with E-state index in [0.717, 1.165) is 12.6 Å². The van der Waals surface area contributed by atoms with Gasteiger partial charge in [-0.3, -0.25) is 0 Å². The highest BCUT2D eigenvalue weighted by atomic mass is 14.9. The molecule has 18 heavy (non-hydrogen) atoms. The minimum atomic E-state index is 0.741. The number of hydrogen-bond acceptors (Lipinski definition) is 1. The van der Waals surface area contributed by atoms with Gasteiger partial charge in [0.1, 0.15) is 0 Å². The third-order valence-corrected chi connectivity index (χ3v) is 3.74. The maximum Gasteiger partial charge on any atom is 0.0140 e. The second-order valence-corrected chi connectivity index (χ2v) is 5.26. The lowest BCUT2D eigenvalue weighted by molar-refractivity contribution is 0.401. The molecule has 0 saturated heterocycles. The van der Waals surface area contributed by atoms with Crippen LogP contribution in [0.25, 0.3) is 6.08 Å². The summed E-state index contributed by atoms with van der Waals surface area (Å²) in [4.78, 5) is 0. The zero-order valence-electron chi connectivity index (χ0n) is 11.3. The van der Waals surface area contributed by atoms with Crippen LogP contribution in [0.3, 0.4) is 0 Å². The highest BCUT2D eigenvalue weighted by Crippen LogP contribution is 2.16. The second-order valence-electron chi connectivity index (χ2n) is 5.26. The fraction of sp³-hybridized carbons (Fsp3) is 0.529. The Balaban J connectivity index is 1.69. The van der Waals surface area contributed by atoms with Crippen molar-refractivity contribution in [3.63, 3.8) is 0 Å². The molecular weight excluding hydrogens is 218 g/mol. The van der Waals surface area contributed by atoms with E-state index in [4.69, 9.17) is 0 Å². The van der Waals surface area contributed by atoms with Crippen molar-refractivity contribution in [3.8, 4) is 0 Å². The Hall–Kier alpha value is -1.08. The van der Waals surface area contributed by atoms with E-state index in [2.05, 4.69) is 47.8 Å². The first-order valence-corrected chi connectivity index (χ1v) is 7.40. The molecule has 0 spiro atoms. The van der Waals surface area contributed by atoms with Crippen LogP contribution in [-0.2, 0) is 0 Å². The van der Waals surface area contributed by atoms with Crippen LogP contribution in [0.15, 0.2) is 36.4 Å². The van der Waals surface area contributed by atoms with Crippen LogP contribution < -0.4 is 5.32 Å². The predicted octanol–water partition coefficient (Wildman–Crippen LogP) is 4.40. The molecule has 0 aliphatic heterocycles. The van der Waals surface area contributed by atoms with Crippen LogP contribution in [-0.4, -0.2) is 12.6 Å². The van der Waals surface area contributed by atoms with Crippen molar-refractivity contribution in [1.82, 2.24) is 5.32 Å². The van der Waals surface area contributed by atoms with Gasteiger partial charge in [0.15, 0.2) is 0 Å². The van der Waals surface area contributed by atoms with Crippen molar-refractivity contribution >= 4 is 6.08 Å². The van der Waals surface area contributed by atoms with E-state index < -0.39 is 0 Å². The molecule has 1 aromatic rings. The molecule has 1 N–H and O–H groups in total. The molecule has 1 nitrogen and oxygen atoms in total. The monoisotopic (exact) mass is 243 g/mol. The maximum atomic E-state index is 3.67. The molecule has 0 atom stereocenters. The van der Waals surface area contributed by atoms with E-state index in [1.165, 1.54) is 50.5 Å². The van der Waals surface area contributed by atoms with Crippen molar-refractivity contribution in [1.29, 1.82) is 0 Å². The average Bonchev–Trinajstić information content (AvgIpc) is 2.38. The quantitative estimate of drug-likeness (QED) is 0.826. The van der Waals surface area contributed by atoms with Crippen LogP contribution in [0.5, 0.6) is 0 Å². The standard InChI is InChI=1S/C17H25N/c1-2-7-13-17(14-8-3-1)18-15-9-12-16-10-5-4-6-11-16/h4-6,9-12,17-18H,1-3,7-8,13-15H2/b12-9+. The Labute approximate surface area is 111 Å². The van der Waals surface area contributed by atoms with Gasteiger partial charge < -0.3 is 5.32 Å². The summed E-state index contributed by atoms with van der Waals surface area (Å²) in [7, 11) is 0. The van der Waals surface area contributed by atoms with Crippen LogP contribution in [0.4, 0.5) is 0 Å². The molecule has 0 radical (unpaired) electrons. The third kappa shape index (κ3) is 5.05. The van der Waals surface area contributed by atoms with Crippen molar-refractivity contribution in [2.75, 3.05) is 6.54 Å². The fourth-order valence-electron chi connectivity index (χ4n) is 2.65. The van der Waals surface area contributed by atoms with Gasteiger partial charge >= 0.3 is 0 Å². The minimum absolute atomic E-state index is 0.741. The first-order chi connectivity index (χ1) is 8.95. The number of nitrogens with one attached hydrogen (secondary N) is 1. The molecule has 98 valence electrons. The van der Waals surface area contributed by atoms with Crippen molar-refractivity contribution in [2.45, 2.75) is 51.0 Å². The highest BCUT2D eigenvalue weighted by Gasteiger charge is 2.09. The smallest absolute Gasteiger partial charge is 0.0140 e. The van der Waals surface area contributed by atoms with Gasteiger partial charge in [-0.05, 0) is 18.4 Å². The summed E-state index contributed by atoms with van der Waals surface area (Å²) in [6.07, 6.45) is 14.3. The van der Waals surface area contributed by atoms with Gasteiger partial charge in [0.25, 0.3) is 0 Å². The summed E-state index contributed by atoms with van der Waals surface area (Å²) >= 11 is 0. The van der Waals surface area contributed by atoms with Gasteiger partial charge in [0.2, 0.25) is 0 Å².